The van der Waals surface area contributed by atoms with Gasteiger partial charge < -0.3 is 9.80 Å². The average molecular weight is 562 g/mol. The molecule has 0 aromatic heterocycles. The molecule has 0 amide bonds. The zero-order valence-corrected chi connectivity index (χ0v) is 20.9. The van der Waals surface area contributed by atoms with Gasteiger partial charge in [-0.3, -0.25) is 0 Å². The van der Waals surface area contributed by atoms with Gasteiger partial charge >= 0.3 is 0 Å². The summed E-state index contributed by atoms with van der Waals surface area (Å²) in [6.45, 7) is 6.42. The van der Waals surface area contributed by atoms with Gasteiger partial charge in [-0.1, -0.05) is 29.5 Å². The van der Waals surface area contributed by atoms with Gasteiger partial charge in [0.15, 0.2) is 0 Å². The number of halogens is 3. The first-order valence-electron chi connectivity index (χ1n) is 10.6. The van der Waals surface area contributed by atoms with E-state index in [0.717, 1.165) is 68.8 Å². The summed E-state index contributed by atoms with van der Waals surface area (Å²) in [4.78, 5) is 6.60. The van der Waals surface area contributed by atoms with Gasteiger partial charge in [-0.05, 0) is 73.1 Å². The van der Waals surface area contributed by atoms with E-state index in [4.69, 9.17) is 0 Å². The molecule has 0 aliphatic carbocycles. The molecule has 2 aromatic carbocycles. The van der Waals surface area contributed by atoms with E-state index in [1.165, 1.54) is 6.42 Å². The molecule has 2 aliphatic rings. The maximum absolute atomic E-state index is 13.5. The quantitative estimate of drug-likeness (QED) is 0.377. The Morgan fingerprint density at radius 2 is 1.61 bits per heavy atom. The molecule has 31 heavy (non-hydrogen) atoms. The molecule has 2 heterocycles. The van der Waals surface area contributed by atoms with Crippen LogP contribution in [0.3, 0.4) is 0 Å². The smallest absolute Gasteiger partial charge is 0.206 e. The highest BCUT2D eigenvalue weighted by Crippen LogP contribution is 2.35. The third-order valence-corrected chi connectivity index (χ3v) is 7.71. The summed E-state index contributed by atoms with van der Waals surface area (Å²) in [5.41, 5.74) is 2.07. The lowest BCUT2D eigenvalue weighted by atomic mass is 10.0. The summed E-state index contributed by atoms with van der Waals surface area (Å²) >= 11 is 2.15. The van der Waals surface area contributed by atoms with Crippen LogP contribution in [0.15, 0.2) is 46.2 Å². The Hall–Kier alpha value is -1.26. The molecule has 0 spiro atoms. The summed E-state index contributed by atoms with van der Waals surface area (Å²) in [7, 11) is -3.97. The number of fused-ring (bicyclic) bond motifs is 1. The first-order chi connectivity index (χ1) is 14.9. The monoisotopic (exact) mass is 562 g/mol. The lowest BCUT2D eigenvalue weighted by Gasteiger charge is -2.38. The Balaban J connectivity index is 0.00000132. The predicted molar refractivity (Wildman–Crippen MR) is 129 cm³/mol. The van der Waals surface area contributed by atoms with Crippen LogP contribution in [0.5, 0.6) is 0 Å². The van der Waals surface area contributed by atoms with E-state index in [0.29, 0.717) is 12.1 Å². The number of rotatable bonds is 5. The maximum Gasteiger partial charge on any atom is 0.206 e. The molecule has 0 unspecified atom stereocenters. The van der Waals surface area contributed by atoms with Gasteiger partial charge in [-0.25, -0.2) is 17.2 Å². The largest absolute Gasteiger partial charge is 0.368 e. The molecule has 4 nitrogen and oxygen atoms in total. The van der Waals surface area contributed by atoms with Crippen molar-refractivity contribution in [2.75, 3.05) is 36.0 Å². The van der Waals surface area contributed by atoms with E-state index < -0.39 is 21.5 Å². The fraction of sp³-hybridized carbons (Fsp3) is 0.478. The minimum Gasteiger partial charge on any atom is -0.368 e. The molecule has 0 saturated carbocycles. The number of piperidine rings is 1. The van der Waals surface area contributed by atoms with Gasteiger partial charge in [0.1, 0.15) is 11.6 Å². The number of hydrogen-bond donors (Lipinski definition) is 0. The van der Waals surface area contributed by atoms with Crippen molar-refractivity contribution in [3.05, 3.63) is 53.6 Å². The van der Waals surface area contributed by atoms with Crippen LogP contribution in [0.2, 0.25) is 0 Å². The van der Waals surface area contributed by atoms with E-state index in [2.05, 4.69) is 39.3 Å². The van der Waals surface area contributed by atoms with Gasteiger partial charge in [0.25, 0.3) is 0 Å². The van der Waals surface area contributed by atoms with Crippen molar-refractivity contribution in [1.29, 1.82) is 0 Å². The van der Waals surface area contributed by atoms with E-state index in [1.807, 2.05) is 11.0 Å². The second-order valence-corrected chi connectivity index (χ2v) is 9.86. The molecule has 170 valence electrons. The topological polar surface area (TPSA) is 40.6 Å². The zero-order chi connectivity index (χ0) is 22.6. The highest BCUT2D eigenvalue weighted by molar-refractivity contribution is 14.1. The fourth-order valence-corrected chi connectivity index (χ4v) is 5.89. The van der Waals surface area contributed by atoms with Crippen molar-refractivity contribution in [3.8, 4) is 0 Å². The highest BCUT2D eigenvalue weighted by atomic mass is 127. The van der Waals surface area contributed by atoms with Crippen LogP contribution >= 0.6 is 22.6 Å². The molecule has 4 rings (SSSR count). The molecule has 1 fully saturated rings. The Kier molecular flexibility index (Phi) is 8.31. The normalized spacial score (nSPS) is 17.3. The highest BCUT2D eigenvalue weighted by Gasteiger charge is 2.30. The fourth-order valence-electron chi connectivity index (χ4n) is 4.54. The molecule has 0 radical (unpaired) electrons. The maximum atomic E-state index is 13.5. The number of hydrogen-bond acceptors (Lipinski definition) is 4. The molecule has 0 atom stereocenters. The van der Waals surface area contributed by atoms with E-state index in [1.54, 1.807) is 12.1 Å². The molecular weight excluding hydrogens is 533 g/mol. The Morgan fingerprint density at radius 3 is 2.23 bits per heavy atom. The van der Waals surface area contributed by atoms with Crippen molar-refractivity contribution >= 4 is 38.1 Å². The first kappa shape index (κ1) is 24.4. The van der Waals surface area contributed by atoms with Crippen molar-refractivity contribution in [3.63, 3.8) is 0 Å². The molecule has 2 aromatic rings. The van der Waals surface area contributed by atoms with Crippen molar-refractivity contribution < 1.29 is 17.2 Å². The van der Waals surface area contributed by atoms with Gasteiger partial charge in [0, 0.05) is 37.4 Å². The van der Waals surface area contributed by atoms with Crippen LogP contribution < -0.4 is 4.90 Å². The summed E-state index contributed by atoms with van der Waals surface area (Å²) in [6.07, 6.45) is 4.18. The molecule has 8 heteroatoms. The minimum atomic E-state index is -3.97. The van der Waals surface area contributed by atoms with E-state index in [-0.39, 0.29) is 9.79 Å². The lowest BCUT2D eigenvalue weighted by molar-refractivity contribution is 0.210. The number of alkyl halides is 1. The van der Waals surface area contributed by atoms with Gasteiger partial charge in [0.05, 0.1) is 9.79 Å². The van der Waals surface area contributed by atoms with Crippen LogP contribution in [0.25, 0.3) is 0 Å². The summed E-state index contributed by atoms with van der Waals surface area (Å²) in [5, 5.41) is 0. The molecular formula is C23H29F2IN2O2S. The van der Waals surface area contributed by atoms with Crippen molar-refractivity contribution in [1.82, 2.24) is 4.90 Å². The summed E-state index contributed by atoms with van der Waals surface area (Å²) in [6, 6.07) is 7.95. The predicted octanol–water partition coefficient (Wildman–Crippen LogP) is 5.09. The zero-order valence-electron chi connectivity index (χ0n) is 18.0. The molecule has 1 saturated heterocycles. The molecule has 2 aliphatic heterocycles. The summed E-state index contributed by atoms with van der Waals surface area (Å²) in [5.74, 6) is -1.80. The Labute approximate surface area is 197 Å². The van der Waals surface area contributed by atoms with Gasteiger partial charge in [0.2, 0.25) is 9.84 Å². The third kappa shape index (κ3) is 5.39. The van der Waals surface area contributed by atoms with Gasteiger partial charge in [-0.15, -0.1) is 0 Å². The van der Waals surface area contributed by atoms with Gasteiger partial charge in [-0.2, -0.15) is 0 Å². The average Bonchev–Trinajstić information content (AvgIpc) is 3.18. The first-order valence-corrected chi connectivity index (χ1v) is 14.2. The van der Waals surface area contributed by atoms with Crippen LogP contribution in [0.1, 0.15) is 31.7 Å². The Bertz CT molecular complexity index is 988. The number of anilines is 1. The number of sulfone groups is 1. The standard InChI is InChI=1S/C22H26F2N2O2S.CH3I/c1-2-8-25-9-6-19(7-10-25)26-11-5-16-12-20(3-4-22(16)26)29(27,28)21-14-17(23)13-18(24)15-21;1-2/h3-4,12-15,19H,2,5-11H2,1H3;1H3. The number of likely N-dealkylation sites (tertiary alicyclic amines) is 1. The molecule has 0 bridgehead atoms. The van der Waals surface area contributed by atoms with E-state index in [9.17, 15) is 17.2 Å². The third-order valence-electron chi connectivity index (χ3n) is 5.98. The molecule has 0 N–H and O–H groups in total. The second kappa shape index (κ2) is 10.6. The van der Waals surface area contributed by atoms with Crippen LogP contribution in [0.4, 0.5) is 14.5 Å². The number of benzene rings is 2. The van der Waals surface area contributed by atoms with Crippen molar-refractivity contribution in [2.45, 2.75) is 48.4 Å². The Morgan fingerprint density at radius 1 is 0.968 bits per heavy atom. The van der Waals surface area contributed by atoms with Crippen LogP contribution in [-0.2, 0) is 16.3 Å². The van der Waals surface area contributed by atoms with Crippen molar-refractivity contribution in [2.24, 2.45) is 0 Å². The minimum absolute atomic E-state index is 0.0841. The number of nitrogens with zero attached hydrogens (tertiary/aromatic N) is 2. The van der Waals surface area contributed by atoms with E-state index >= 15 is 0 Å². The van der Waals surface area contributed by atoms with Crippen LogP contribution in [-0.4, -0.2) is 50.5 Å². The van der Waals surface area contributed by atoms with Crippen LogP contribution in [0, 0.1) is 11.6 Å². The summed E-state index contributed by atoms with van der Waals surface area (Å²) < 4.78 is 52.8. The SMILES string of the molecule is CCCN1CCC(N2CCc3cc(S(=O)(=O)c4cc(F)cc(F)c4)ccc32)CC1.CI. The lowest BCUT2D eigenvalue weighted by Crippen LogP contribution is -2.44. The second-order valence-electron chi connectivity index (χ2n) is 7.92.